The molecule has 0 spiro atoms. The molecular weight excluding hydrogens is 326 g/mol. The number of benzene rings is 1. The number of anilines is 1. The van der Waals surface area contributed by atoms with Crippen LogP contribution < -0.4 is 10.6 Å². The number of nitrogens with zero attached hydrogens (tertiary/aromatic N) is 4. The maximum absolute atomic E-state index is 5.96. The van der Waals surface area contributed by atoms with Crippen molar-refractivity contribution < 1.29 is 4.52 Å². The van der Waals surface area contributed by atoms with Crippen LogP contribution in [-0.2, 0) is 12.8 Å². The predicted octanol–water partition coefficient (Wildman–Crippen LogP) is 2.84. The normalized spacial score (nSPS) is 15.3. The monoisotopic (exact) mass is 349 g/mol. The molecule has 0 aliphatic carbocycles. The molecule has 0 unspecified atom stereocenters. The van der Waals surface area contributed by atoms with E-state index in [0.29, 0.717) is 11.9 Å². The van der Waals surface area contributed by atoms with E-state index in [2.05, 4.69) is 32.2 Å². The number of aryl methyl sites for hydroxylation is 2. The van der Waals surface area contributed by atoms with Gasteiger partial charge in [-0.15, -0.1) is 0 Å². The molecule has 0 amide bonds. The van der Waals surface area contributed by atoms with Crippen molar-refractivity contribution in [1.82, 2.24) is 15.1 Å². The highest BCUT2D eigenvalue weighted by molar-refractivity contribution is 5.54. The van der Waals surface area contributed by atoms with E-state index in [0.717, 1.165) is 56.0 Å². The van der Waals surface area contributed by atoms with E-state index in [1.165, 1.54) is 5.56 Å². The van der Waals surface area contributed by atoms with Gasteiger partial charge in [0.1, 0.15) is 5.82 Å². The molecular formula is C20H23N5O. The van der Waals surface area contributed by atoms with Gasteiger partial charge in [0.05, 0.1) is 5.56 Å². The van der Waals surface area contributed by atoms with E-state index in [4.69, 9.17) is 10.3 Å². The average molecular weight is 349 g/mol. The molecule has 6 heteroatoms. The average Bonchev–Trinajstić information content (AvgIpc) is 3.17. The third-order valence-corrected chi connectivity index (χ3v) is 4.81. The highest BCUT2D eigenvalue weighted by Gasteiger charge is 2.17. The van der Waals surface area contributed by atoms with Gasteiger partial charge in [0.15, 0.2) is 5.82 Å². The minimum Gasteiger partial charge on any atom is -0.357 e. The molecule has 0 bridgehead atoms. The van der Waals surface area contributed by atoms with Crippen LogP contribution in [0.4, 0.5) is 5.82 Å². The van der Waals surface area contributed by atoms with Crippen molar-refractivity contribution >= 4 is 5.82 Å². The van der Waals surface area contributed by atoms with Crippen molar-refractivity contribution in [3.63, 3.8) is 0 Å². The van der Waals surface area contributed by atoms with Gasteiger partial charge in [0, 0.05) is 31.7 Å². The Morgan fingerprint density at radius 2 is 1.85 bits per heavy atom. The van der Waals surface area contributed by atoms with Gasteiger partial charge in [-0.05, 0) is 37.0 Å². The summed E-state index contributed by atoms with van der Waals surface area (Å²) in [7, 11) is 0. The van der Waals surface area contributed by atoms with Crippen molar-refractivity contribution in [2.24, 2.45) is 5.73 Å². The van der Waals surface area contributed by atoms with E-state index < -0.39 is 0 Å². The van der Waals surface area contributed by atoms with Crippen LogP contribution in [0.15, 0.2) is 53.2 Å². The lowest BCUT2D eigenvalue weighted by atomic mass is 10.1. The molecule has 0 atom stereocenters. The Kier molecular flexibility index (Phi) is 4.93. The third-order valence-electron chi connectivity index (χ3n) is 4.81. The molecule has 1 aliphatic rings. The molecule has 1 aliphatic heterocycles. The quantitative estimate of drug-likeness (QED) is 0.763. The molecule has 4 rings (SSSR count). The highest BCUT2D eigenvalue weighted by Crippen LogP contribution is 2.22. The molecule has 26 heavy (non-hydrogen) atoms. The van der Waals surface area contributed by atoms with E-state index in [1.54, 1.807) is 6.20 Å². The van der Waals surface area contributed by atoms with Crippen LogP contribution in [0.2, 0.25) is 0 Å². The second kappa shape index (κ2) is 7.66. The van der Waals surface area contributed by atoms with Gasteiger partial charge in [0.25, 0.3) is 5.89 Å². The Hall–Kier alpha value is -2.73. The summed E-state index contributed by atoms with van der Waals surface area (Å²) in [4.78, 5) is 11.3. The first kappa shape index (κ1) is 16.7. The van der Waals surface area contributed by atoms with Crippen molar-refractivity contribution in [2.75, 3.05) is 18.0 Å². The molecule has 0 saturated carbocycles. The van der Waals surface area contributed by atoms with Crippen molar-refractivity contribution in [1.29, 1.82) is 0 Å². The van der Waals surface area contributed by atoms with Crippen LogP contribution in [0.3, 0.4) is 0 Å². The van der Waals surface area contributed by atoms with E-state index >= 15 is 0 Å². The first-order chi connectivity index (χ1) is 12.8. The fraction of sp³-hybridized carbons (Fsp3) is 0.350. The van der Waals surface area contributed by atoms with Gasteiger partial charge in [0.2, 0.25) is 0 Å². The van der Waals surface area contributed by atoms with Crippen molar-refractivity contribution in [3.05, 3.63) is 60.0 Å². The zero-order chi connectivity index (χ0) is 17.8. The van der Waals surface area contributed by atoms with Crippen LogP contribution in [0.5, 0.6) is 0 Å². The number of hydrogen-bond acceptors (Lipinski definition) is 6. The topological polar surface area (TPSA) is 81.1 Å². The summed E-state index contributed by atoms with van der Waals surface area (Å²) in [6.45, 7) is 1.91. The minimum atomic E-state index is 0.318. The molecule has 1 fully saturated rings. The Morgan fingerprint density at radius 1 is 1.04 bits per heavy atom. The fourth-order valence-electron chi connectivity index (χ4n) is 3.20. The summed E-state index contributed by atoms with van der Waals surface area (Å²) in [5, 5.41) is 4.09. The molecule has 3 aromatic rings. The summed E-state index contributed by atoms with van der Waals surface area (Å²) in [6, 6.07) is 14.6. The molecule has 134 valence electrons. The highest BCUT2D eigenvalue weighted by atomic mass is 16.5. The van der Waals surface area contributed by atoms with Crippen LogP contribution >= 0.6 is 0 Å². The first-order valence-electron chi connectivity index (χ1n) is 9.11. The lowest BCUT2D eigenvalue weighted by molar-refractivity contribution is 0.422. The zero-order valence-corrected chi connectivity index (χ0v) is 14.7. The summed E-state index contributed by atoms with van der Waals surface area (Å²) in [6.07, 6.45) is 5.48. The summed E-state index contributed by atoms with van der Waals surface area (Å²) >= 11 is 0. The van der Waals surface area contributed by atoms with Gasteiger partial charge < -0.3 is 15.2 Å². The number of rotatable bonds is 5. The van der Waals surface area contributed by atoms with Gasteiger partial charge in [-0.2, -0.15) is 4.98 Å². The van der Waals surface area contributed by atoms with E-state index in [-0.39, 0.29) is 0 Å². The zero-order valence-electron chi connectivity index (χ0n) is 14.7. The lowest BCUT2D eigenvalue weighted by Crippen LogP contribution is -2.40. The molecule has 3 heterocycles. The van der Waals surface area contributed by atoms with Crippen LogP contribution in [-0.4, -0.2) is 34.3 Å². The van der Waals surface area contributed by atoms with Gasteiger partial charge in [-0.25, -0.2) is 4.98 Å². The molecule has 1 aromatic carbocycles. The smallest absolute Gasteiger partial charge is 0.259 e. The largest absolute Gasteiger partial charge is 0.357 e. The molecule has 2 aromatic heterocycles. The lowest BCUT2D eigenvalue weighted by Gasteiger charge is -2.31. The third kappa shape index (κ3) is 3.91. The number of hydrogen-bond donors (Lipinski definition) is 1. The van der Waals surface area contributed by atoms with Crippen LogP contribution in [0, 0.1) is 0 Å². The van der Waals surface area contributed by atoms with Gasteiger partial charge >= 0.3 is 0 Å². The molecule has 6 nitrogen and oxygen atoms in total. The second-order valence-corrected chi connectivity index (χ2v) is 6.73. The standard InChI is InChI=1S/C20H23N5O/c21-17-10-12-25(13-11-17)19-9-7-16(14-22-19)20-23-18(24-26-20)8-6-15-4-2-1-3-5-15/h1-5,7,9,14,17H,6,8,10-13,21H2. The molecule has 2 N–H and O–H groups in total. The number of pyridine rings is 1. The van der Waals surface area contributed by atoms with Crippen molar-refractivity contribution in [3.8, 4) is 11.5 Å². The first-order valence-corrected chi connectivity index (χ1v) is 9.11. The Balaban J connectivity index is 1.39. The maximum Gasteiger partial charge on any atom is 0.259 e. The Bertz CT molecular complexity index is 823. The number of nitrogens with two attached hydrogens (primary N) is 1. The number of aromatic nitrogens is 3. The van der Waals surface area contributed by atoms with E-state index in [1.807, 2.05) is 30.3 Å². The van der Waals surface area contributed by atoms with Gasteiger partial charge in [-0.3, -0.25) is 0 Å². The maximum atomic E-state index is 5.96. The van der Waals surface area contributed by atoms with Crippen molar-refractivity contribution in [2.45, 2.75) is 31.7 Å². The van der Waals surface area contributed by atoms with E-state index in [9.17, 15) is 0 Å². The SMILES string of the molecule is NC1CCN(c2ccc(-c3nc(CCc4ccccc4)no3)cn2)CC1. The Morgan fingerprint density at radius 3 is 2.58 bits per heavy atom. The number of piperidine rings is 1. The molecule has 0 radical (unpaired) electrons. The second-order valence-electron chi connectivity index (χ2n) is 6.73. The predicted molar refractivity (Wildman–Crippen MR) is 101 cm³/mol. The van der Waals surface area contributed by atoms with Crippen LogP contribution in [0.25, 0.3) is 11.5 Å². The Labute approximate surface area is 153 Å². The summed E-state index contributed by atoms with van der Waals surface area (Å²) in [5.74, 6) is 2.22. The van der Waals surface area contributed by atoms with Crippen LogP contribution in [0.1, 0.15) is 24.2 Å². The molecule has 1 saturated heterocycles. The summed E-state index contributed by atoms with van der Waals surface area (Å²) in [5.41, 5.74) is 8.08. The summed E-state index contributed by atoms with van der Waals surface area (Å²) < 4.78 is 5.41. The fourth-order valence-corrected chi connectivity index (χ4v) is 3.20. The minimum absolute atomic E-state index is 0.318. The van der Waals surface area contributed by atoms with Gasteiger partial charge in [-0.1, -0.05) is 35.5 Å².